The highest BCUT2D eigenvalue weighted by Gasteiger charge is 2.11. The van der Waals surface area contributed by atoms with E-state index in [1.807, 2.05) is 59.3 Å². The zero-order chi connectivity index (χ0) is 15.1. The third-order valence-corrected chi connectivity index (χ3v) is 2.97. The van der Waals surface area contributed by atoms with Crippen LogP contribution in [0.4, 0.5) is 0 Å². The van der Waals surface area contributed by atoms with Crippen LogP contribution >= 0.6 is 0 Å². The summed E-state index contributed by atoms with van der Waals surface area (Å²) in [5.74, 6) is -0.590. The molecule has 0 aliphatic heterocycles. The van der Waals surface area contributed by atoms with E-state index in [1.54, 1.807) is 13.0 Å². The van der Waals surface area contributed by atoms with E-state index in [2.05, 4.69) is 0 Å². The summed E-state index contributed by atoms with van der Waals surface area (Å²) in [5.41, 5.74) is 1.95. The highest BCUT2D eigenvalue weighted by Crippen LogP contribution is 2.12. The summed E-state index contributed by atoms with van der Waals surface area (Å²) in [5, 5.41) is 9.07. The molecule has 2 aromatic rings. The fourth-order valence-corrected chi connectivity index (χ4v) is 1.98. The molecule has 0 unspecified atom stereocenters. The van der Waals surface area contributed by atoms with E-state index in [0.29, 0.717) is 6.54 Å². The summed E-state index contributed by atoms with van der Waals surface area (Å²) in [6.07, 6.45) is 3.47. The number of hydrogen-bond donors (Lipinski definition) is 0. The molecule has 2 rings (SSSR count). The first-order chi connectivity index (χ1) is 10.2. The van der Waals surface area contributed by atoms with Crippen molar-refractivity contribution >= 4 is 12.0 Å². The maximum atomic E-state index is 11.6. The molecular weight excluding hydrogens is 264 g/mol. The predicted octanol–water partition coefficient (Wildman–Crippen LogP) is 3.01. The van der Waals surface area contributed by atoms with Gasteiger partial charge in [0.25, 0.3) is 0 Å². The molecule has 0 fully saturated rings. The van der Waals surface area contributed by atoms with Crippen LogP contribution in [0.15, 0.2) is 54.2 Å². The van der Waals surface area contributed by atoms with Crippen molar-refractivity contribution < 1.29 is 9.53 Å². The SMILES string of the molecule is CCOC(=O)/C(C#N)=C/c1cccn1Cc1ccccc1. The Labute approximate surface area is 123 Å². The Bertz CT molecular complexity index is 678. The van der Waals surface area contributed by atoms with Crippen molar-refractivity contribution in [3.63, 3.8) is 0 Å². The molecule has 0 amide bonds. The lowest BCUT2D eigenvalue weighted by molar-refractivity contribution is -0.137. The summed E-state index contributed by atoms with van der Waals surface area (Å²) >= 11 is 0. The van der Waals surface area contributed by atoms with Crippen LogP contribution in [0.2, 0.25) is 0 Å². The molecule has 4 nitrogen and oxygen atoms in total. The molecule has 21 heavy (non-hydrogen) atoms. The number of ether oxygens (including phenoxy) is 1. The van der Waals surface area contributed by atoms with Crippen LogP contribution in [0, 0.1) is 11.3 Å². The first-order valence-corrected chi connectivity index (χ1v) is 6.72. The number of carbonyl (C=O) groups excluding carboxylic acids is 1. The van der Waals surface area contributed by atoms with Crippen LogP contribution in [0.3, 0.4) is 0 Å². The first-order valence-electron chi connectivity index (χ1n) is 6.72. The number of esters is 1. The van der Waals surface area contributed by atoms with Crippen molar-refractivity contribution in [2.75, 3.05) is 6.61 Å². The van der Waals surface area contributed by atoms with Gasteiger partial charge in [0.2, 0.25) is 0 Å². The molecule has 0 N–H and O–H groups in total. The zero-order valence-corrected chi connectivity index (χ0v) is 11.8. The lowest BCUT2D eigenvalue weighted by Crippen LogP contribution is -2.07. The zero-order valence-electron chi connectivity index (χ0n) is 11.8. The Balaban J connectivity index is 2.24. The van der Waals surface area contributed by atoms with Crippen LogP contribution in [0.5, 0.6) is 0 Å². The quantitative estimate of drug-likeness (QED) is 0.480. The normalized spacial score (nSPS) is 11.0. The second-order valence-electron chi connectivity index (χ2n) is 4.44. The van der Waals surface area contributed by atoms with Crippen molar-refractivity contribution in [3.8, 4) is 6.07 Å². The van der Waals surface area contributed by atoms with E-state index >= 15 is 0 Å². The molecule has 0 radical (unpaired) electrons. The second-order valence-corrected chi connectivity index (χ2v) is 4.44. The molecule has 0 spiro atoms. The average Bonchev–Trinajstić information content (AvgIpc) is 2.93. The van der Waals surface area contributed by atoms with Gasteiger partial charge in [-0.3, -0.25) is 0 Å². The summed E-state index contributed by atoms with van der Waals surface area (Å²) in [6, 6.07) is 15.6. The smallest absolute Gasteiger partial charge is 0.348 e. The summed E-state index contributed by atoms with van der Waals surface area (Å²) in [4.78, 5) is 11.6. The van der Waals surface area contributed by atoms with Crippen molar-refractivity contribution in [1.82, 2.24) is 4.57 Å². The number of benzene rings is 1. The molecule has 106 valence electrons. The van der Waals surface area contributed by atoms with E-state index in [9.17, 15) is 4.79 Å². The molecule has 0 saturated heterocycles. The molecule has 0 bridgehead atoms. The number of carbonyl (C=O) groups is 1. The summed E-state index contributed by atoms with van der Waals surface area (Å²) in [6.45, 7) is 2.65. The maximum absolute atomic E-state index is 11.6. The Morgan fingerprint density at radius 1 is 1.29 bits per heavy atom. The molecule has 0 atom stereocenters. The van der Waals surface area contributed by atoms with Crippen molar-refractivity contribution in [3.05, 3.63) is 65.5 Å². The standard InChI is InChI=1S/C17H16N2O2/c1-2-21-17(20)15(12-18)11-16-9-6-10-19(16)13-14-7-4-3-5-8-14/h3-11H,2,13H2,1H3/b15-11+. The molecule has 4 heteroatoms. The van der Waals surface area contributed by atoms with Crippen LogP contribution in [-0.2, 0) is 16.1 Å². The van der Waals surface area contributed by atoms with Crippen LogP contribution in [0.1, 0.15) is 18.2 Å². The lowest BCUT2D eigenvalue weighted by atomic mass is 10.2. The molecule has 1 aromatic heterocycles. The van der Waals surface area contributed by atoms with Gasteiger partial charge in [-0.05, 0) is 30.7 Å². The van der Waals surface area contributed by atoms with Gasteiger partial charge in [-0.1, -0.05) is 30.3 Å². The van der Waals surface area contributed by atoms with E-state index in [0.717, 1.165) is 11.3 Å². The molecule has 1 aromatic carbocycles. The Kier molecular flexibility index (Phi) is 4.94. The van der Waals surface area contributed by atoms with E-state index in [1.165, 1.54) is 0 Å². The third-order valence-electron chi connectivity index (χ3n) is 2.97. The third kappa shape index (κ3) is 3.83. The number of nitriles is 1. The average molecular weight is 280 g/mol. The van der Waals surface area contributed by atoms with Crippen LogP contribution in [-0.4, -0.2) is 17.1 Å². The van der Waals surface area contributed by atoms with Gasteiger partial charge in [0.15, 0.2) is 0 Å². The van der Waals surface area contributed by atoms with Crippen LogP contribution in [0.25, 0.3) is 6.08 Å². The number of rotatable bonds is 5. The van der Waals surface area contributed by atoms with Gasteiger partial charge >= 0.3 is 5.97 Å². The molecule has 0 aliphatic rings. The monoisotopic (exact) mass is 280 g/mol. The summed E-state index contributed by atoms with van der Waals surface area (Å²) < 4.78 is 6.84. The second kappa shape index (κ2) is 7.11. The van der Waals surface area contributed by atoms with E-state index < -0.39 is 5.97 Å². The van der Waals surface area contributed by atoms with Gasteiger partial charge in [0.1, 0.15) is 11.6 Å². The minimum Gasteiger partial charge on any atom is -0.462 e. The predicted molar refractivity (Wildman–Crippen MR) is 80.2 cm³/mol. The topological polar surface area (TPSA) is 55.0 Å². The molecule has 0 aliphatic carbocycles. The molecule has 0 saturated carbocycles. The largest absolute Gasteiger partial charge is 0.462 e. The van der Waals surface area contributed by atoms with E-state index in [-0.39, 0.29) is 12.2 Å². The Morgan fingerprint density at radius 2 is 2.05 bits per heavy atom. The van der Waals surface area contributed by atoms with Gasteiger partial charge in [0.05, 0.1) is 6.61 Å². The fourth-order valence-electron chi connectivity index (χ4n) is 1.98. The van der Waals surface area contributed by atoms with Gasteiger partial charge in [-0.2, -0.15) is 5.26 Å². The Hall–Kier alpha value is -2.80. The summed E-state index contributed by atoms with van der Waals surface area (Å²) in [7, 11) is 0. The number of hydrogen-bond acceptors (Lipinski definition) is 3. The van der Waals surface area contributed by atoms with Crippen LogP contribution < -0.4 is 0 Å². The number of nitrogens with zero attached hydrogens (tertiary/aromatic N) is 2. The minimum absolute atomic E-state index is 0.00450. The highest BCUT2D eigenvalue weighted by molar-refractivity contribution is 5.97. The molecule has 1 heterocycles. The van der Waals surface area contributed by atoms with Crippen molar-refractivity contribution in [2.45, 2.75) is 13.5 Å². The van der Waals surface area contributed by atoms with Gasteiger partial charge in [0, 0.05) is 18.4 Å². The van der Waals surface area contributed by atoms with Crippen molar-refractivity contribution in [1.29, 1.82) is 5.26 Å². The first kappa shape index (κ1) is 14.6. The fraction of sp³-hybridized carbons (Fsp3) is 0.176. The minimum atomic E-state index is -0.590. The van der Waals surface area contributed by atoms with E-state index in [4.69, 9.17) is 10.00 Å². The van der Waals surface area contributed by atoms with Gasteiger partial charge < -0.3 is 9.30 Å². The van der Waals surface area contributed by atoms with Gasteiger partial charge in [-0.15, -0.1) is 0 Å². The lowest BCUT2D eigenvalue weighted by Gasteiger charge is -2.07. The Morgan fingerprint density at radius 3 is 2.71 bits per heavy atom. The highest BCUT2D eigenvalue weighted by atomic mass is 16.5. The van der Waals surface area contributed by atoms with Crippen molar-refractivity contribution in [2.24, 2.45) is 0 Å². The number of aromatic nitrogens is 1. The molecular formula is C17H16N2O2. The van der Waals surface area contributed by atoms with Gasteiger partial charge in [-0.25, -0.2) is 4.79 Å². The maximum Gasteiger partial charge on any atom is 0.348 e.